The van der Waals surface area contributed by atoms with Crippen LogP contribution in [0.15, 0.2) is 53.7 Å². The molecule has 5 nitrogen and oxygen atoms in total. The average Bonchev–Trinajstić information content (AvgIpc) is 3.20. The Kier molecular flexibility index (Phi) is 7.34. The summed E-state index contributed by atoms with van der Waals surface area (Å²) in [5, 5.41) is 4.19. The Morgan fingerprint density at radius 2 is 1.73 bits per heavy atom. The normalized spacial score (nSPS) is 16.2. The van der Waals surface area contributed by atoms with E-state index in [1.54, 1.807) is 12.0 Å². The Balaban J connectivity index is 1.70. The van der Waals surface area contributed by atoms with E-state index < -0.39 is 11.7 Å². The molecule has 1 heterocycles. The van der Waals surface area contributed by atoms with Crippen LogP contribution in [0.2, 0.25) is 0 Å². The Morgan fingerprint density at radius 3 is 2.27 bits per heavy atom. The van der Waals surface area contributed by atoms with Gasteiger partial charge >= 0.3 is 6.18 Å². The summed E-state index contributed by atoms with van der Waals surface area (Å²) in [6.45, 7) is 6.40. The van der Waals surface area contributed by atoms with E-state index in [-0.39, 0.29) is 24.0 Å². The molecule has 0 fully saturated rings. The molecule has 0 saturated carbocycles. The Morgan fingerprint density at radius 1 is 1.09 bits per heavy atom. The van der Waals surface area contributed by atoms with Gasteiger partial charge in [0.05, 0.1) is 24.9 Å². The van der Waals surface area contributed by atoms with Crippen LogP contribution in [0.3, 0.4) is 0 Å². The summed E-state index contributed by atoms with van der Waals surface area (Å²) in [6, 6.07) is 12.4. The molecule has 0 saturated heterocycles. The molecule has 0 N–H and O–H groups in total. The predicted octanol–water partition coefficient (Wildman–Crippen LogP) is 5.67. The summed E-state index contributed by atoms with van der Waals surface area (Å²) in [5.74, 6) is 0.661. The van der Waals surface area contributed by atoms with Crippen molar-refractivity contribution in [1.82, 2.24) is 4.90 Å². The van der Waals surface area contributed by atoms with E-state index >= 15 is 0 Å². The number of amides is 1. The third-order valence-corrected chi connectivity index (χ3v) is 5.27. The molecule has 178 valence electrons. The molecule has 1 amide bonds. The van der Waals surface area contributed by atoms with Gasteiger partial charge in [0.1, 0.15) is 5.75 Å². The molecule has 1 aliphatic heterocycles. The van der Waals surface area contributed by atoms with Crippen molar-refractivity contribution in [2.75, 3.05) is 13.7 Å². The maximum atomic E-state index is 13.0. The summed E-state index contributed by atoms with van der Waals surface area (Å²) in [4.78, 5) is 20.3. The van der Waals surface area contributed by atoms with Crippen LogP contribution in [0, 0.1) is 5.41 Å². The molecule has 0 bridgehead atoms. The van der Waals surface area contributed by atoms with Gasteiger partial charge in [-0.2, -0.15) is 13.2 Å². The maximum Gasteiger partial charge on any atom is 0.416 e. The number of hydrogen-bond acceptors (Lipinski definition) is 4. The lowest BCUT2D eigenvalue weighted by Gasteiger charge is -2.28. The molecule has 1 aliphatic rings. The second-order valence-corrected chi connectivity index (χ2v) is 9.40. The van der Waals surface area contributed by atoms with Crippen molar-refractivity contribution < 1.29 is 27.5 Å². The van der Waals surface area contributed by atoms with Crippen LogP contribution >= 0.6 is 0 Å². The smallest absolute Gasteiger partial charge is 0.416 e. The van der Waals surface area contributed by atoms with Crippen molar-refractivity contribution >= 4 is 11.6 Å². The number of benzene rings is 2. The number of carbonyl (C=O) groups excluding carboxylic acids is 1. The highest BCUT2D eigenvalue weighted by molar-refractivity contribution is 6.01. The van der Waals surface area contributed by atoms with Crippen molar-refractivity contribution in [3.63, 3.8) is 0 Å². The zero-order valence-corrected chi connectivity index (χ0v) is 19.3. The fourth-order valence-corrected chi connectivity index (χ4v) is 3.57. The van der Waals surface area contributed by atoms with E-state index in [0.29, 0.717) is 24.9 Å². The minimum absolute atomic E-state index is 0.0797. The van der Waals surface area contributed by atoms with Gasteiger partial charge in [-0.3, -0.25) is 4.79 Å². The fraction of sp³-hybridized carbons (Fsp3) is 0.440. The first kappa shape index (κ1) is 24.6. The molecule has 0 aromatic heterocycles. The van der Waals surface area contributed by atoms with E-state index in [1.807, 2.05) is 45.0 Å². The quantitative estimate of drug-likeness (QED) is 0.533. The molecule has 8 heteroatoms. The van der Waals surface area contributed by atoms with Crippen molar-refractivity contribution in [3.05, 3.63) is 65.2 Å². The standard InChI is InChI=1S/C25H29F3N2O3/c1-24(2,3)14-23(31)30(15-17-5-9-19(10-6-17)25(26,27)28)16-21-13-22(29-33-21)18-7-11-20(32-4)12-8-18/h5-12,21H,13-16H2,1-4H3. The van der Waals surface area contributed by atoms with Gasteiger partial charge in [-0.15, -0.1) is 0 Å². The second-order valence-electron chi connectivity index (χ2n) is 9.40. The van der Waals surface area contributed by atoms with Gasteiger partial charge in [0, 0.05) is 19.4 Å². The summed E-state index contributed by atoms with van der Waals surface area (Å²) in [5.41, 5.74) is 1.38. The number of nitrogens with zero attached hydrogens (tertiary/aromatic N) is 2. The van der Waals surface area contributed by atoms with Gasteiger partial charge in [0.15, 0.2) is 6.10 Å². The van der Waals surface area contributed by atoms with E-state index in [1.165, 1.54) is 12.1 Å². The van der Waals surface area contributed by atoms with Gasteiger partial charge < -0.3 is 14.5 Å². The van der Waals surface area contributed by atoms with Crippen molar-refractivity contribution in [1.29, 1.82) is 0 Å². The lowest BCUT2D eigenvalue weighted by Crippen LogP contribution is -2.38. The third kappa shape index (κ3) is 6.97. The van der Waals surface area contributed by atoms with Crippen LogP contribution in [0.1, 0.15) is 50.3 Å². The van der Waals surface area contributed by atoms with E-state index in [0.717, 1.165) is 29.2 Å². The van der Waals surface area contributed by atoms with E-state index in [2.05, 4.69) is 5.16 Å². The number of hydrogen-bond donors (Lipinski definition) is 0. The van der Waals surface area contributed by atoms with Crippen LogP contribution in [0.25, 0.3) is 0 Å². The summed E-state index contributed by atoms with van der Waals surface area (Å²) in [7, 11) is 1.60. The SMILES string of the molecule is COc1ccc(C2=NOC(CN(Cc3ccc(C(F)(F)F)cc3)C(=O)CC(C)(C)C)C2)cc1. The highest BCUT2D eigenvalue weighted by Crippen LogP contribution is 2.30. The number of oxime groups is 1. The predicted molar refractivity (Wildman–Crippen MR) is 120 cm³/mol. The largest absolute Gasteiger partial charge is 0.497 e. The van der Waals surface area contributed by atoms with Crippen molar-refractivity contribution in [2.24, 2.45) is 10.6 Å². The zero-order valence-electron chi connectivity index (χ0n) is 19.3. The minimum Gasteiger partial charge on any atom is -0.497 e. The second kappa shape index (κ2) is 9.85. The molecule has 33 heavy (non-hydrogen) atoms. The Bertz CT molecular complexity index is 978. The van der Waals surface area contributed by atoms with Gasteiger partial charge in [-0.05, 0) is 52.9 Å². The first-order valence-electron chi connectivity index (χ1n) is 10.8. The molecule has 0 radical (unpaired) electrons. The fourth-order valence-electron chi connectivity index (χ4n) is 3.57. The number of rotatable bonds is 7. The lowest BCUT2D eigenvalue weighted by molar-refractivity contribution is -0.138. The first-order valence-corrected chi connectivity index (χ1v) is 10.8. The Labute approximate surface area is 192 Å². The zero-order chi connectivity index (χ0) is 24.2. The highest BCUT2D eigenvalue weighted by Gasteiger charge is 2.31. The van der Waals surface area contributed by atoms with Gasteiger partial charge in [-0.1, -0.05) is 38.1 Å². The molecule has 3 rings (SSSR count). The number of halogens is 3. The highest BCUT2D eigenvalue weighted by atomic mass is 19.4. The molecular weight excluding hydrogens is 433 g/mol. The number of ether oxygens (including phenoxy) is 1. The van der Waals surface area contributed by atoms with Crippen LogP contribution in [-0.2, 0) is 22.4 Å². The van der Waals surface area contributed by atoms with E-state index in [4.69, 9.17) is 9.57 Å². The molecule has 2 aromatic rings. The van der Waals surface area contributed by atoms with Crippen molar-refractivity contribution in [2.45, 2.75) is 52.4 Å². The van der Waals surface area contributed by atoms with Crippen molar-refractivity contribution in [3.8, 4) is 5.75 Å². The van der Waals surface area contributed by atoms with Crippen LogP contribution < -0.4 is 4.74 Å². The number of carbonyl (C=O) groups is 1. The van der Waals surface area contributed by atoms with Crippen LogP contribution in [-0.4, -0.2) is 36.3 Å². The molecule has 2 aromatic carbocycles. The minimum atomic E-state index is -4.40. The van der Waals surface area contributed by atoms with Crippen LogP contribution in [0.5, 0.6) is 5.75 Å². The lowest BCUT2D eigenvalue weighted by atomic mass is 9.91. The molecule has 0 aliphatic carbocycles. The summed E-state index contributed by atoms with van der Waals surface area (Å²) >= 11 is 0. The monoisotopic (exact) mass is 462 g/mol. The average molecular weight is 463 g/mol. The molecule has 1 atom stereocenters. The summed E-state index contributed by atoms with van der Waals surface area (Å²) < 4.78 is 43.8. The molecule has 0 spiro atoms. The molecule has 1 unspecified atom stereocenters. The molecular formula is C25H29F3N2O3. The van der Waals surface area contributed by atoms with Gasteiger partial charge in [0.25, 0.3) is 0 Å². The summed E-state index contributed by atoms with van der Waals surface area (Å²) in [6.07, 6.45) is -3.89. The van der Waals surface area contributed by atoms with E-state index in [9.17, 15) is 18.0 Å². The number of methoxy groups -OCH3 is 1. The van der Waals surface area contributed by atoms with Crippen LogP contribution in [0.4, 0.5) is 13.2 Å². The maximum absolute atomic E-state index is 13.0. The number of alkyl halides is 3. The first-order chi connectivity index (χ1) is 15.4. The topological polar surface area (TPSA) is 51.1 Å². The third-order valence-electron chi connectivity index (χ3n) is 5.27. The van der Waals surface area contributed by atoms with Gasteiger partial charge in [-0.25, -0.2) is 0 Å². The van der Waals surface area contributed by atoms with Gasteiger partial charge in [0.2, 0.25) is 5.91 Å². The Hall–Kier alpha value is -3.03.